The molecular formula is C28H28N4O3. The number of ether oxygens (including phenoxy) is 1. The van der Waals surface area contributed by atoms with E-state index in [0.717, 1.165) is 38.2 Å². The van der Waals surface area contributed by atoms with Gasteiger partial charge in [-0.1, -0.05) is 54.6 Å². The third kappa shape index (κ3) is 5.41. The quantitative estimate of drug-likeness (QED) is 0.465. The van der Waals surface area contributed by atoms with Crippen LogP contribution >= 0.6 is 0 Å². The van der Waals surface area contributed by atoms with Gasteiger partial charge in [-0.2, -0.15) is 0 Å². The number of aromatic nitrogens is 2. The monoisotopic (exact) mass is 468 g/mol. The van der Waals surface area contributed by atoms with E-state index in [1.807, 2.05) is 47.4 Å². The van der Waals surface area contributed by atoms with Crippen molar-refractivity contribution in [1.82, 2.24) is 20.0 Å². The molecule has 0 aliphatic carbocycles. The van der Waals surface area contributed by atoms with Crippen molar-refractivity contribution in [2.24, 2.45) is 0 Å². The minimum absolute atomic E-state index is 0.0426. The number of benzene rings is 3. The van der Waals surface area contributed by atoms with Gasteiger partial charge < -0.3 is 9.64 Å². The molecule has 0 radical (unpaired) electrons. The van der Waals surface area contributed by atoms with Crippen LogP contribution in [-0.2, 0) is 13.2 Å². The maximum Gasteiger partial charge on any atom is 0.272 e. The van der Waals surface area contributed by atoms with Crippen LogP contribution in [-0.4, -0.2) is 52.1 Å². The number of fused-ring (bicyclic) bond motifs is 1. The fraction of sp³-hybridized carbons (Fsp3) is 0.250. The predicted octanol–water partition coefficient (Wildman–Crippen LogP) is 3.85. The largest absolute Gasteiger partial charge is 0.471 e. The lowest BCUT2D eigenvalue weighted by Gasteiger charge is -2.22. The Morgan fingerprint density at radius 1 is 0.857 bits per heavy atom. The van der Waals surface area contributed by atoms with Gasteiger partial charge >= 0.3 is 0 Å². The van der Waals surface area contributed by atoms with Crippen molar-refractivity contribution in [2.45, 2.75) is 19.6 Å². The topological polar surface area (TPSA) is 78.5 Å². The molecule has 1 amide bonds. The summed E-state index contributed by atoms with van der Waals surface area (Å²) in [4.78, 5) is 29.6. The van der Waals surface area contributed by atoms with Crippen molar-refractivity contribution >= 4 is 16.7 Å². The molecule has 0 spiro atoms. The highest BCUT2D eigenvalue weighted by atomic mass is 16.5. The standard InChI is InChI=1S/C28H28N4O3/c33-26-24-12-4-5-13-25(24)27(30-29-26)35-20-22-10-6-11-23(18-22)28(34)32-15-7-14-31(16-17-32)19-21-8-2-1-3-9-21/h1-6,8-13,18H,7,14-17,19-20H2,(H,29,33). The Morgan fingerprint density at radius 3 is 2.49 bits per heavy atom. The van der Waals surface area contributed by atoms with E-state index in [1.54, 1.807) is 12.1 Å². The Hall–Kier alpha value is -3.97. The van der Waals surface area contributed by atoms with E-state index < -0.39 is 0 Å². The van der Waals surface area contributed by atoms with Gasteiger partial charge in [-0.05, 0) is 41.8 Å². The van der Waals surface area contributed by atoms with E-state index in [2.05, 4.69) is 39.4 Å². The number of hydrogen-bond acceptors (Lipinski definition) is 5. The minimum Gasteiger partial charge on any atom is -0.471 e. The molecule has 0 saturated carbocycles. The molecule has 0 unspecified atom stereocenters. The van der Waals surface area contributed by atoms with E-state index in [9.17, 15) is 9.59 Å². The highest BCUT2D eigenvalue weighted by molar-refractivity contribution is 5.94. The van der Waals surface area contributed by atoms with E-state index in [0.29, 0.717) is 28.8 Å². The number of aromatic amines is 1. The Balaban J connectivity index is 1.23. The molecule has 1 aromatic heterocycles. The average molecular weight is 469 g/mol. The first-order chi connectivity index (χ1) is 17.2. The molecule has 3 aromatic carbocycles. The SMILES string of the molecule is O=C(c1cccc(COc2n[nH]c(=O)c3ccccc23)c1)N1CCCN(Cc2ccccc2)CC1. The van der Waals surface area contributed by atoms with E-state index in [1.165, 1.54) is 5.56 Å². The van der Waals surface area contributed by atoms with Crippen molar-refractivity contribution < 1.29 is 9.53 Å². The molecular weight excluding hydrogens is 440 g/mol. The summed E-state index contributed by atoms with van der Waals surface area (Å²) >= 11 is 0. The molecule has 1 N–H and O–H groups in total. The van der Waals surface area contributed by atoms with Crippen LogP contribution < -0.4 is 10.3 Å². The van der Waals surface area contributed by atoms with Crippen LogP contribution in [0.1, 0.15) is 27.9 Å². The van der Waals surface area contributed by atoms with Gasteiger partial charge in [-0.15, -0.1) is 5.10 Å². The lowest BCUT2D eigenvalue weighted by Crippen LogP contribution is -2.35. The summed E-state index contributed by atoms with van der Waals surface area (Å²) in [6.45, 7) is 4.44. The van der Waals surface area contributed by atoms with Gasteiger partial charge in [0.05, 0.1) is 10.8 Å². The third-order valence-electron chi connectivity index (χ3n) is 6.34. The zero-order valence-electron chi connectivity index (χ0n) is 19.5. The van der Waals surface area contributed by atoms with Crippen molar-refractivity contribution in [2.75, 3.05) is 26.2 Å². The number of H-pyrrole nitrogens is 1. The van der Waals surface area contributed by atoms with Crippen molar-refractivity contribution in [3.63, 3.8) is 0 Å². The summed E-state index contributed by atoms with van der Waals surface area (Å²) in [5, 5.41) is 7.73. The fourth-order valence-corrected chi connectivity index (χ4v) is 4.50. The number of carbonyl (C=O) groups is 1. The Labute approximate surface area is 204 Å². The number of hydrogen-bond donors (Lipinski definition) is 1. The zero-order valence-corrected chi connectivity index (χ0v) is 19.5. The molecule has 178 valence electrons. The highest BCUT2D eigenvalue weighted by Gasteiger charge is 2.20. The second-order valence-corrected chi connectivity index (χ2v) is 8.80. The molecule has 7 heteroatoms. The molecule has 4 aromatic rings. The van der Waals surface area contributed by atoms with Gasteiger partial charge in [0, 0.05) is 38.3 Å². The molecule has 0 bridgehead atoms. The molecule has 1 fully saturated rings. The Kier molecular flexibility index (Phi) is 6.86. The molecule has 2 heterocycles. The highest BCUT2D eigenvalue weighted by Crippen LogP contribution is 2.21. The summed E-state index contributed by atoms with van der Waals surface area (Å²) in [6, 6.07) is 25.2. The van der Waals surface area contributed by atoms with Crippen molar-refractivity contribution in [1.29, 1.82) is 0 Å². The Bertz CT molecular complexity index is 1370. The number of amides is 1. The van der Waals surface area contributed by atoms with Gasteiger partial charge in [0.25, 0.3) is 11.5 Å². The summed E-state index contributed by atoms with van der Waals surface area (Å²) in [7, 11) is 0. The predicted molar refractivity (Wildman–Crippen MR) is 135 cm³/mol. The lowest BCUT2D eigenvalue weighted by molar-refractivity contribution is 0.0761. The molecule has 1 aliphatic heterocycles. The van der Waals surface area contributed by atoms with Crippen LogP contribution in [0.2, 0.25) is 0 Å². The molecule has 35 heavy (non-hydrogen) atoms. The van der Waals surface area contributed by atoms with Gasteiger partial charge in [-0.25, -0.2) is 5.10 Å². The smallest absolute Gasteiger partial charge is 0.272 e. The van der Waals surface area contributed by atoms with Crippen molar-refractivity contribution in [3.05, 3.63) is 106 Å². The van der Waals surface area contributed by atoms with Crippen LogP contribution in [0, 0.1) is 0 Å². The number of carbonyl (C=O) groups excluding carboxylic acids is 1. The molecule has 1 saturated heterocycles. The summed E-state index contributed by atoms with van der Waals surface area (Å²) in [5.41, 5.74) is 2.57. The van der Waals surface area contributed by atoms with Gasteiger partial charge in [0.2, 0.25) is 5.88 Å². The maximum atomic E-state index is 13.3. The van der Waals surface area contributed by atoms with E-state index in [-0.39, 0.29) is 18.1 Å². The Morgan fingerprint density at radius 2 is 1.63 bits per heavy atom. The molecule has 7 nitrogen and oxygen atoms in total. The minimum atomic E-state index is -0.250. The first-order valence-corrected chi connectivity index (χ1v) is 11.9. The average Bonchev–Trinajstić information content (AvgIpc) is 3.14. The van der Waals surface area contributed by atoms with E-state index >= 15 is 0 Å². The summed E-state index contributed by atoms with van der Waals surface area (Å²) in [6.07, 6.45) is 0.951. The first kappa shape index (κ1) is 22.8. The number of rotatable bonds is 6. The first-order valence-electron chi connectivity index (χ1n) is 11.9. The fourth-order valence-electron chi connectivity index (χ4n) is 4.50. The number of nitrogens with zero attached hydrogens (tertiary/aromatic N) is 3. The van der Waals surface area contributed by atoms with Crippen LogP contribution in [0.25, 0.3) is 10.8 Å². The van der Waals surface area contributed by atoms with Crippen LogP contribution in [0.4, 0.5) is 0 Å². The lowest BCUT2D eigenvalue weighted by atomic mass is 10.1. The summed E-state index contributed by atoms with van der Waals surface area (Å²) < 4.78 is 5.92. The van der Waals surface area contributed by atoms with Gasteiger partial charge in [0.15, 0.2) is 0 Å². The van der Waals surface area contributed by atoms with Crippen LogP contribution in [0.3, 0.4) is 0 Å². The van der Waals surface area contributed by atoms with E-state index in [4.69, 9.17) is 4.74 Å². The van der Waals surface area contributed by atoms with Gasteiger partial charge in [0.1, 0.15) is 6.61 Å². The van der Waals surface area contributed by atoms with Crippen molar-refractivity contribution in [3.8, 4) is 5.88 Å². The second-order valence-electron chi connectivity index (χ2n) is 8.80. The van der Waals surface area contributed by atoms with Crippen LogP contribution in [0.5, 0.6) is 5.88 Å². The molecule has 5 rings (SSSR count). The number of nitrogens with one attached hydrogen (secondary N) is 1. The second kappa shape index (κ2) is 10.5. The molecule has 1 aliphatic rings. The zero-order chi connectivity index (χ0) is 24.0. The van der Waals surface area contributed by atoms with Gasteiger partial charge in [-0.3, -0.25) is 14.5 Å². The summed E-state index contributed by atoms with van der Waals surface area (Å²) in [5.74, 6) is 0.406. The normalized spacial score (nSPS) is 14.6. The molecule has 0 atom stereocenters. The van der Waals surface area contributed by atoms with Crippen LogP contribution in [0.15, 0.2) is 83.7 Å². The maximum absolute atomic E-state index is 13.3. The third-order valence-corrected chi connectivity index (χ3v) is 6.34.